The van der Waals surface area contributed by atoms with E-state index in [9.17, 15) is 26.7 Å². The summed E-state index contributed by atoms with van der Waals surface area (Å²) in [6, 6.07) is 2.00. The molecule has 0 spiro atoms. The number of ether oxygens (including phenoxy) is 1. The monoisotopic (exact) mass is 430 g/mol. The zero-order valence-corrected chi connectivity index (χ0v) is 16.4. The molecule has 0 aliphatic carbocycles. The Kier molecular flexibility index (Phi) is 5.36. The van der Waals surface area contributed by atoms with E-state index >= 15 is 0 Å². The lowest BCUT2D eigenvalue weighted by atomic mass is 10.2. The normalized spacial score (nSPS) is 13.8. The second-order valence-electron chi connectivity index (χ2n) is 6.16. The molecule has 156 valence electrons. The first kappa shape index (κ1) is 21.1. The summed E-state index contributed by atoms with van der Waals surface area (Å²) in [6.45, 7) is 1.44. The molecule has 1 atom stereocenters. The van der Waals surface area contributed by atoms with E-state index in [-0.39, 0.29) is 38.8 Å². The number of aliphatic hydroxyl groups is 1. The van der Waals surface area contributed by atoms with Gasteiger partial charge in [-0.1, -0.05) is 6.92 Å². The third-order valence-electron chi connectivity index (χ3n) is 4.37. The van der Waals surface area contributed by atoms with Crippen LogP contribution in [0, 0.1) is 0 Å². The van der Waals surface area contributed by atoms with Gasteiger partial charge < -0.3 is 14.4 Å². The Bertz CT molecular complexity index is 1180. The van der Waals surface area contributed by atoms with E-state index in [1.807, 2.05) is 0 Å². The number of rotatable bonds is 5. The van der Waals surface area contributed by atoms with E-state index in [0.717, 1.165) is 12.3 Å². The van der Waals surface area contributed by atoms with E-state index in [0.29, 0.717) is 0 Å². The van der Waals surface area contributed by atoms with E-state index in [2.05, 4.69) is 15.0 Å². The summed E-state index contributed by atoms with van der Waals surface area (Å²) in [6.07, 6.45) is -3.79. The molecule has 0 bridgehead atoms. The van der Waals surface area contributed by atoms with E-state index in [1.165, 1.54) is 37.9 Å². The van der Waals surface area contributed by atoms with Gasteiger partial charge in [-0.2, -0.15) is 13.2 Å². The van der Waals surface area contributed by atoms with Crippen LogP contribution in [0.3, 0.4) is 0 Å². The van der Waals surface area contributed by atoms with Gasteiger partial charge in [0, 0.05) is 25.9 Å². The Balaban J connectivity index is 2.27. The van der Waals surface area contributed by atoms with Crippen molar-refractivity contribution in [1.29, 1.82) is 0 Å². The zero-order chi connectivity index (χ0) is 21.6. The van der Waals surface area contributed by atoms with Crippen LogP contribution in [0.15, 0.2) is 29.4 Å². The van der Waals surface area contributed by atoms with Crippen molar-refractivity contribution in [3.05, 3.63) is 35.8 Å². The number of sulfone groups is 1. The van der Waals surface area contributed by atoms with E-state index in [1.54, 1.807) is 0 Å². The average molecular weight is 430 g/mol. The van der Waals surface area contributed by atoms with Crippen LogP contribution >= 0.6 is 0 Å². The highest BCUT2D eigenvalue weighted by atomic mass is 32.2. The largest absolute Gasteiger partial charge is 0.433 e. The zero-order valence-electron chi connectivity index (χ0n) is 15.6. The van der Waals surface area contributed by atoms with E-state index in [4.69, 9.17) is 4.74 Å². The number of hydrogen-bond acceptors (Lipinski definition) is 7. The second-order valence-corrected chi connectivity index (χ2v) is 8.40. The van der Waals surface area contributed by atoms with Gasteiger partial charge in [-0.3, -0.25) is 4.98 Å². The first-order chi connectivity index (χ1) is 13.5. The van der Waals surface area contributed by atoms with Gasteiger partial charge in [-0.25, -0.2) is 18.4 Å². The SMILES string of the molecule is CCS(=O)(=O)c1cc(C(O)OC)cnc1-c1nc2cc(C(F)(F)F)ncc2n1C. The molecule has 0 amide bonds. The number of methoxy groups -OCH3 is 1. The van der Waals surface area contributed by atoms with Crippen molar-refractivity contribution in [2.45, 2.75) is 24.3 Å². The molecule has 8 nitrogen and oxygen atoms in total. The van der Waals surface area contributed by atoms with Gasteiger partial charge in [0.15, 0.2) is 22.0 Å². The highest BCUT2D eigenvalue weighted by molar-refractivity contribution is 7.91. The van der Waals surface area contributed by atoms with Crippen LogP contribution in [0.25, 0.3) is 22.6 Å². The smallest absolute Gasteiger partial charge is 0.364 e. The van der Waals surface area contributed by atoms with Crippen molar-refractivity contribution in [1.82, 2.24) is 19.5 Å². The molecule has 0 saturated carbocycles. The van der Waals surface area contributed by atoms with Crippen molar-refractivity contribution in [3.63, 3.8) is 0 Å². The maximum Gasteiger partial charge on any atom is 0.433 e. The number of hydrogen-bond donors (Lipinski definition) is 1. The molecule has 0 fully saturated rings. The standard InChI is InChI=1S/C17H17F3N4O4S/c1-4-29(26,27)12-5-9(16(25)28-3)7-22-14(12)15-23-10-6-13(17(18,19)20)21-8-11(10)24(15)2/h5-8,16,25H,4H2,1-3H3. The Morgan fingerprint density at radius 2 is 1.93 bits per heavy atom. The van der Waals surface area contributed by atoms with Crippen LogP contribution in [0.2, 0.25) is 0 Å². The van der Waals surface area contributed by atoms with Gasteiger partial charge in [0.25, 0.3) is 0 Å². The van der Waals surface area contributed by atoms with Gasteiger partial charge in [0.1, 0.15) is 11.4 Å². The first-order valence-corrected chi connectivity index (χ1v) is 9.98. The van der Waals surface area contributed by atoms with E-state index < -0.39 is 28.0 Å². The lowest BCUT2D eigenvalue weighted by Crippen LogP contribution is -2.11. The number of aliphatic hydroxyl groups excluding tert-OH is 1. The highest BCUT2D eigenvalue weighted by Gasteiger charge is 2.33. The molecular weight excluding hydrogens is 413 g/mol. The summed E-state index contributed by atoms with van der Waals surface area (Å²) in [5.74, 6) is -0.204. The summed E-state index contributed by atoms with van der Waals surface area (Å²) < 4.78 is 70.2. The fourth-order valence-electron chi connectivity index (χ4n) is 2.75. The van der Waals surface area contributed by atoms with Gasteiger partial charge in [-0.15, -0.1) is 0 Å². The summed E-state index contributed by atoms with van der Waals surface area (Å²) >= 11 is 0. The van der Waals surface area contributed by atoms with Crippen LogP contribution in [-0.2, 0) is 27.8 Å². The van der Waals surface area contributed by atoms with Gasteiger partial charge in [0.05, 0.1) is 27.9 Å². The number of halogens is 3. The fraction of sp³-hybridized carbons (Fsp3) is 0.353. The number of imidazole rings is 1. The fourth-order valence-corrected chi connectivity index (χ4v) is 3.81. The maximum atomic E-state index is 12.9. The minimum Gasteiger partial charge on any atom is -0.364 e. The van der Waals surface area contributed by atoms with Crippen LogP contribution in [0.4, 0.5) is 13.2 Å². The third kappa shape index (κ3) is 3.82. The number of alkyl halides is 3. The molecule has 3 rings (SSSR count). The van der Waals surface area contributed by atoms with Crippen LogP contribution in [0.1, 0.15) is 24.5 Å². The Labute approximate surface area is 163 Å². The van der Waals surface area contributed by atoms with Crippen molar-refractivity contribution >= 4 is 20.9 Å². The maximum absolute atomic E-state index is 12.9. The Morgan fingerprint density at radius 3 is 2.52 bits per heavy atom. The first-order valence-electron chi connectivity index (χ1n) is 8.33. The van der Waals surface area contributed by atoms with Crippen molar-refractivity contribution in [3.8, 4) is 11.5 Å². The Morgan fingerprint density at radius 1 is 1.24 bits per heavy atom. The van der Waals surface area contributed by atoms with Crippen molar-refractivity contribution in [2.24, 2.45) is 7.05 Å². The molecule has 3 heterocycles. The number of aromatic nitrogens is 4. The van der Waals surface area contributed by atoms with Crippen molar-refractivity contribution in [2.75, 3.05) is 12.9 Å². The summed E-state index contributed by atoms with van der Waals surface area (Å²) in [5.41, 5.74) is -0.778. The molecule has 0 saturated heterocycles. The van der Waals surface area contributed by atoms with Crippen LogP contribution in [0.5, 0.6) is 0 Å². The molecule has 3 aromatic heterocycles. The summed E-state index contributed by atoms with van der Waals surface area (Å²) in [7, 11) is -1.05. The topological polar surface area (TPSA) is 107 Å². The number of pyridine rings is 2. The molecule has 12 heteroatoms. The lowest BCUT2D eigenvalue weighted by molar-refractivity contribution is -0.141. The average Bonchev–Trinajstić information content (AvgIpc) is 3.02. The molecule has 1 unspecified atom stereocenters. The minimum absolute atomic E-state index is 0.00697. The lowest BCUT2D eigenvalue weighted by Gasteiger charge is -2.13. The molecule has 0 aromatic carbocycles. The highest BCUT2D eigenvalue weighted by Crippen LogP contribution is 2.33. The minimum atomic E-state index is -4.64. The molecule has 0 aliphatic rings. The quantitative estimate of drug-likeness (QED) is 0.620. The summed E-state index contributed by atoms with van der Waals surface area (Å²) in [5, 5.41) is 9.84. The molecule has 1 N–H and O–H groups in total. The number of nitrogens with zero attached hydrogens (tertiary/aromatic N) is 4. The third-order valence-corrected chi connectivity index (χ3v) is 6.11. The van der Waals surface area contributed by atoms with Crippen LogP contribution < -0.4 is 0 Å². The van der Waals surface area contributed by atoms with Gasteiger partial charge in [-0.05, 0) is 12.1 Å². The number of aryl methyl sites for hydroxylation is 1. The molecule has 3 aromatic rings. The van der Waals surface area contributed by atoms with Gasteiger partial charge in [0.2, 0.25) is 0 Å². The number of fused-ring (bicyclic) bond motifs is 1. The predicted molar refractivity (Wildman–Crippen MR) is 96.4 cm³/mol. The van der Waals surface area contributed by atoms with Crippen molar-refractivity contribution < 1.29 is 31.4 Å². The summed E-state index contributed by atoms with van der Waals surface area (Å²) in [4.78, 5) is 11.5. The molecule has 0 aliphatic heterocycles. The predicted octanol–water partition coefficient (Wildman–Crippen LogP) is 2.48. The Hall–Kier alpha value is -2.57. The second kappa shape index (κ2) is 7.35. The molecule has 0 radical (unpaired) electrons. The molecular formula is C17H17F3N4O4S. The van der Waals surface area contributed by atoms with Crippen LogP contribution in [-0.4, -0.2) is 45.9 Å². The molecule has 29 heavy (non-hydrogen) atoms. The van der Waals surface area contributed by atoms with Gasteiger partial charge >= 0.3 is 6.18 Å².